The van der Waals surface area contributed by atoms with Gasteiger partial charge in [0.2, 0.25) is 5.91 Å². The van der Waals surface area contributed by atoms with Crippen LogP contribution in [0, 0.1) is 0 Å². The molecule has 4 N–H and O–H groups in total. The van der Waals surface area contributed by atoms with Crippen molar-refractivity contribution in [2.24, 2.45) is 5.73 Å². The fourth-order valence-corrected chi connectivity index (χ4v) is 2.68. The molecule has 7 heteroatoms. The van der Waals surface area contributed by atoms with Crippen molar-refractivity contribution in [2.45, 2.75) is 5.92 Å². The van der Waals surface area contributed by atoms with Crippen molar-refractivity contribution in [1.29, 1.82) is 0 Å². The van der Waals surface area contributed by atoms with E-state index in [2.05, 4.69) is 15.5 Å². The minimum absolute atomic E-state index is 0.164. The van der Waals surface area contributed by atoms with Gasteiger partial charge in [0.1, 0.15) is 0 Å². The van der Waals surface area contributed by atoms with Gasteiger partial charge >= 0.3 is 0 Å². The monoisotopic (exact) mass is 348 g/mol. The first-order valence-corrected chi connectivity index (χ1v) is 7.73. The average Bonchev–Trinajstić information content (AvgIpc) is 2.99. The summed E-state index contributed by atoms with van der Waals surface area (Å²) in [5.74, 6) is -0.710. The Morgan fingerprint density at radius 1 is 1.22 bits per heavy atom. The van der Waals surface area contributed by atoms with Crippen molar-refractivity contribution in [1.82, 2.24) is 10.2 Å². The van der Waals surface area contributed by atoms with Crippen LogP contribution in [0.4, 0.5) is 5.69 Å². The van der Waals surface area contributed by atoms with E-state index in [0.717, 1.165) is 16.5 Å². The molecule has 1 amide bonds. The van der Waals surface area contributed by atoms with Gasteiger partial charge in [-0.1, -0.05) is 29.3 Å². The first kappa shape index (κ1) is 15.8. The Balaban J connectivity index is 1.82. The lowest BCUT2D eigenvalue weighted by Gasteiger charge is -2.16. The highest BCUT2D eigenvalue weighted by Gasteiger charge is 2.20. The molecule has 0 aliphatic rings. The summed E-state index contributed by atoms with van der Waals surface area (Å²) in [6, 6.07) is 10.6. The molecular formula is C16H14Cl2N4O. The Hall–Kier alpha value is -2.08. The van der Waals surface area contributed by atoms with E-state index < -0.39 is 5.92 Å². The Bertz CT molecular complexity index is 862. The summed E-state index contributed by atoms with van der Waals surface area (Å²) in [7, 11) is 0. The highest BCUT2D eigenvalue weighted by Crippen LogP contribution is 2.27. The maximum atomic E-state index is 12.5. The van der Waals surface area contributed by atoms with Crippen LogP contribution in [0.25, 0.3) is 10.9 Å². The SMILES string of the molecule is NC[C@@H](C(=O)Nc1ccc2[nH]ncc2c1)c1ccc(Cl)c(Cl)c1. The minimum atomic E-state index is -0.509. The molecule has 118 valence electrons. The largest absolute Gasteiger partial charge is 0.329 e. The number of hydrogen-bond donors (Lipinski definition) is 3. The third-order valence-electron chi connectivity index (χ3n) is 3.61. The minimum Gasteiger partial charge on any atom is -0.329 e. The van der Waals surface area contributed by atoms with E-state index >= 15 is 0 Å². The first-order valence-electron chi connectivity index (χ1n) is 6.97. The number of aromatic nitrogens is 2. The van der Waals surface area contributed by atoms with E-state index in [0.29, 0.717) is 15.7 Å². The number of amides is 1. The Morgan fingerprint density at radius 3 is 2.78 bits per heavy atom. The van der Waals surface area contributed by atoms with Crippen LogP contribution in [0.2, 0.25) is 10.0 Å². The summed E-state index contributed by atoms with van der Waals surface area (Å²) in [6.07, 6.45) is 1.70. The van der Waals surface area contributed by atoms with Gasteiger partial charge in [0.05, 0.1) is 27.7 Å². The second kappa shape index (κ2) is 6.58. The van der Waals surface area contributed by atoms with Gasteiger partial charge < -0.3 is 11.1 Å². The molecule has 0 unspecified atom stereocenters. The van der Waals surface area contributed by atoms with Gasteiger partial charge in [-0.05, 0) is 35.9 Å². The van der Waals surface area contributed by atoms with Crippen molar-refractivity contribution in [3.63, 3.8) is 0 Å². The number of nitrogens with two attached hydrogens (primary N) is 1. The Kier molecular flexibility index (Phi) is 4.52. The van der Waals surface area contributed by atoms with E-state index in [1.807, 2.05) is 12.1 Å². The van der Waals surface area contributed by atoms with E-state index in [4.69, 9.17) is 28.9 Å². The van der Waals surface area contributed by atoms with Crippen molar-refractivity contribution in [3.05, 3.63) is 58.2 Å². The summed E-state index contributed by atoms with van der Waals surface area (Å²) in [5, 5.41) is 11.4. The van der Waals surface area contributed by atoms with E-state index in [-0.39, 0.29) is 12.5 Å². The van der Waals surface area contributed by atoms with Crippen LogP contribution in [0.1, 0.15) is 11.5 Å². The van der Waals surface area contributed by atoms with Gasteiger partial charge in [0, 0.05) is 17.6 Å². The molecule has 0 saturated heterocycles. The molecule has 1 heterocycles. The van der Waals surface area contributed by atoms with E-state index in [1.54, 1.807) is 30.5 Å². The topological polar surface area (TPSA) is 83.8 Å². The van der Waals surface area contributed by atoms with Crippen LogP contribution in [0.15, 0.2) is 42.6 Å². The molecule has 0 saturated carbocycles. The van der Waals surface area contributed by atoms with Crippen LogP contribution < -0.4 is 11.1 Å². The maximum absolute atomic E-state index is 12.5. The summed E-state index contributed by atoms with van der Waals surface area (Å²) >= 11 is 11.9. The van der Waals surface area contributed by atoms with Crippen molar-refractivity contribution in [2.75, 3.05) is 11.9 Å². The quantitative estimate of drug-likeness (QED) is 0.673. The van der Waals surface area contributed by atoms with E-state index in [1.165, 1.54) is 0 Å². The first-order chi connectivity index (χ1) is 11.1. The fraction of sp³-hybridized carbons (Fsp3) is 0.125. The number of rotatable bonds is 4. The molecule has 0 aliphatic heterocycles. The number of H-pyrrole nitrogens is 1. The molecule has 2 aromatic carbocycles. The van der Waals surface area contributed by atoms with Crippen LogP contribution in [0.5, 0.6) is 0 Å². The summed E-state index contributed by atoms with van der Waals surface area (Å²) < 4.78 is 0. The summed E-state index contributed by atoms with van der Waals surface area (Å²) in [6.45, 7) is 0.164. The average molecular weight is 349 g/mol. The molecular weight excluding hydrogens is 335 g/mol. The smallest absolute Gasteiger partial charge is 0.233 e. The normalized spacial score (nSPS) is 12.3. The Labute approximate surface area is 142 Å². The van der Waals surface area contributed by atoms with Gasteiger partial charge in [-0.3, -0.25) is 9.89 Å². The fourth-order valence-electron chi connectivity index (χ4n) is 2.37. The predicted octanol–water partition coefficient (Wildman–Crippen LogP) is 3.55. The number of nitrogens with one attached hydrogen (secondary N) is 2. The van der Waals surface area contributed by atoms with Crippen molar-refractivity contribution >= 4 is 45.7 Å². The molecule has 1 atom stereocenters. The predicted molar refractivity (Wildman–Crippen MR) is 93.0 cm³/mol. The number of nitrogens with zero attached hydrogens (tertiary/aromatic N) is 1. The molecule has 0 radical (unpaired) electrons. The van der Waals surface area contributed by atoms with Crippen LogP contribution in [-0.4, -0.2) is 22.6 Å². The zero-order valence-corrected chi connectivity index (χ0v) is 13.5. The number of carbonyl (C=O) groups excluding carboxylic acids is 1. The molecule has 5 nitrogen and oxygen atoms in total. The van der Waals surface area contributed by atoms with Gasteiger partial charge in [-0.25, -0.2) is 0 Å². The zero-order chi connectivity index (χ0) is 16.4. The number of aromatic amines is 1. The standard InChI is InChI=1S/C16H14Cl2N4O/c17-13-3-1-9(6-14(13)18)12(7-19)16(23)21-11-2-4-15-10(5-11)8-20-22-15/h1-6,8,12H,7,19H2,(H,20,22)(H,21,23)/t12-/m1/s1. The second-order valence-electron chi connectivity index (χ2n) is 5.12. The zero-order valence-electron chi connectivity index (χ0n) is 12.0. The van der Waals surface area contributed by atoms with Gasteiger partial charge in [-0.15, -0.1) is 0 Å². The highest BCUT2D eigenvalue weighted by atomic mass is 35.5. The number of benzene rings is 2. The number of halogens is 2. The molecule has 0 spiro atoms. The number of carbonyl (C=O) groups is 1. The van der Waals surface area contributed by atoms with Crippen LogP contribution in [0.3, 0.4) is 0 Å². The highest BCUT2D eigenvalue weighted by molar-refractivity contribution is 6.42. The van der Waals surface area contributed by atoms with Crippen LogP contribution in [-0.2, 0) is 4.79 Å². The summed E-state index contributed by atoms with van der Waals surface area (Å²) in [5.41, 5.74) is 8.08. The molecule has 0 aliphatic carbocycles. The van der Waals surface area contributed by atoms with Gasteiger partial charge in [0.15, 0.2) is 0 Å². The molecule has 3 rings (SSSR count). The lowest BCUT2D eigenvalue weighted by atomic mass is 9.98. The summed E-state index contributed by atoms with van der Waals surface area (Å²) in [4.78, 5) is 12.5. The molecule has 0 fully saturated rings. The van der Waals surface area contributed by atoms with Crippen molar-refractivity contribution < 1.29 is 4.79 Å². The molecule has 23 heavy (non-hydrogen) atoms. The number of hydrogen-bond acceptors (Lipinski definition) is 3. The van der Waals surface area contributed by atoms with E-state index in [9.17, 15) is 4.79 Å². The number of fused-ring (bicyclic) bond motifs is 1. The molecule has 1 aromatic heterocycles. The maximum Gasteiger partial charge on any atom is 0.233 e. The van der Waals surface area contributed by atoms with Crippen LogP contribution >= 0.6 is 23.2 Å². The lowest BCUT2D eigenvalue weighted by Crippen LogP contribution is -2.27. The van der Waals surface area contributed by atoms with Gasteiger partial charge in [0.25, 0.3) is 0 Å². The second-order valence-corrected chi connectivity index (χ2v) is 5.94. The number of anilines is 1. The Morgan fingerprint density at radius 2 is 2.04 bits per heavy atom. The molecule has 0 bridgehead atoms. The van der Waals surface area contributed by atoms with Gasteiger partial charge in [-0.2, -0.15) is 5.10 Å². The van der Waals surface area contributed by atoms with Crippen molar-refractivity contribution in [3.8, 4) is 0 Å². The molecule has 3 aromatic rings. The third-order valence-corrected chi connectivity index (χ3v) is 4.34. The lowest BCUT2D eigenvalue weighted by molar-refractivity contribution is -0.117. The third kappa shape index (κ3) is 3.32.